The van der Waals surface area contributed by atoms with E-state index >= 15 is 0 Å². The van der Waals surface area contributed by atoms with E-state index in [1.807, 2.05) is 30.4 Å². The van der Waals surface area contributed by atoms with Crippen LogP contribution in [0.25, 0.3) is 0 Å². The van der Waals surface area contributed by atoms with Crippen LogP contribution in [0.5, 0.6) is 0 Å². The van der Waals surface area contributed by atoms with Gasteiger partial charge in [0.1, 0.15) is 12.2 Å². The monoisotopic (exact) mass is 997 g/mol. The first-order chi connectivity index (χ1) is 34.2. The average Bonchev–Trinajstić information content (AvgIpc) is 3.89. The van der Waals surface area contributed by atoms with Gasteiger partial charge in [0.2, 0.25) is 17.7 Å². The lowest BCUT2D eigenvalue weighted by molar-refractivity contribution is -0.134. The molecule has 6 fully saturated rings. The van der Waals surface area contributed by atoms with Crippen molar-refractivity contribution in [2.24, 2.45) is 23.3 Å². The second-order valence-electron chi connectivity index (χ2n) is 19.9. The Bertz CT molecular complexity index is 1800. The second-order valence-corrected chi connectivity index (χ2v) is 19.9. The number of guanidine groups is 2. The minimum Gasteiger partial charge on any atom is -0.465 e. The first-order valence-electron chi connectivity index (χ1n) is 26.1. The predicted octanol–water partition coefficient (Wildman–Crippen LogP) is 2.90. The summed E-state index contributed by atoms with van der Waals surface area (Å²) in [6, 6.07) is 0. The van der Waals surface area contributed by atoms with E-state index in [0.717, 1.165) is 90.0 Å². The lowest BCUT2D eigenvalue weighted by Gasteiger charge is -2.37. The van der Waals surface area contributed by atoms with Gasteiger partial charge in [-0.2, -0.15) is 0 Å². The third-order valence-corrected chi connectivity index (χ3v) is 15.0. The van der Waals surface area contributed by atoms with Gasteiger partial charge < -0.3 is 69.8 Å². The lowest BCUT2D eigenvalue weighted by Crippen LogP contribution is -2.52. The number of rotatable bonds is 12. The van der Waals surface area contributed by atoms with E-state index in [0.29, 0.717) is 136 Å². The van der Waals surface area contributed by atoms with Crippen molar-refractivity contribution < 1.29 is 43.3 Å². The number of likely N-dealkylation sites (tertiary alicyclic amines) is 2. The molecule has 23 nitrogen and oxygen atoms in total. The number of nitrogens with zero attached hydrogens (tertiary/aromatic N) is 10. The largest absolute Gasteiger partial charge is 0.465 e. The normalized spacial score (nSPS) is 21.9. The van der Waals surface area contributed by atoms with Gasteiger partial charge in [-0.05, 0) is 88.9 Å². The number of piperazine rings is 3. The number of hydrogen-bond acceptors (Lipinski definition) is 11. The van der Waals surface area contributed by atoms with Crippen LogP contribution in [-0.4, -0.2) is 219 Å². The Kier molecular flexibility index (Phi) is 21.1. The molecule has 0 atom stereocenters. The molecular formula is C48H80N14O9. The van der Waals surface area contributed by atoms with Crippen LogP contribution in [0.3, 0.4) is 0 Å². The van der Waals surface area contributed by atoms with Crippen molar-refractivity contribution in [2.75, 3.05) is 105 Å². The van der Waals surface area contributed by atoms with Crippen molar-refractivity contribution in [3.05, 3.63) is 18.7 Å². The molecule has 5 aliphatic heterocycles. The zero-order chi connectivity index (χ0) is 50.7. The molecule has 0 unspecified atom stereocenters. The van der Waals surface area contributed by atoms with Crippen LogP contribution in [0.15, 0.2) is 18.7 Å². The maximum absolute atomic E-state index is 13.0. The number of amides is 6. The second kappa shape index (κ2) is 27.5. The first kappa shape index (κ1) is 54.3. The fourth-order valence-corrected chi connectivity index (χ4v) is 10.4. The smallest absolute Gasteiger partial charge is 0.410 e. The number of aromatic nitrogens is 2. The number of nitrogens with two attached hydrogens (primary N) is 2. The predicted molar refractivity (Wildman–Crippen MR) is 263 cm³/mol. The highest BCUT2D eigenvalue weighted by Gasteiger charge is 2.33. The average molecular weight is 997 g/mol. The van der Waals surface area contributed by atoms with Crippen LogP contribution in [-0.2, 0) is 30.4 Å². The van der Waals surface area contributed by atoms with Gasteiger partial charge in [0.05, 0.1) is 6.33 Å². The zero-order valence-corrected chi connectivity index (χ0v) is 41.7. The third kappa shape index (κ3) is 17.4. The summed E-state index contributed by atoms with van der Waals surface area (Å²) in [5.74, 6) is 1.19. The fourth-order valence-electron chi connectivity index (χ4n) is 10.4. The fraction of sp³-hybridized carbons (Fsp3) is 0.771. The minimum atomic E-state index is -0.901. The molecule has 1 saturated carbocycles. The molecule has 7 rings (SSSR count). The van der Waals surface area contributed by atoms with Crippen LogP contribution in [0.4, 0.5) is 14.4 Å². The van der Waals surface area contributed by atoms with E-state index in [4.69, 9.17) is 36.9 Å². The van der Waals surface area contributed by atoms with E-state index in [2.05, 4.69) is 4.98 Å². The third-order valence-electron chi connectivity index (χ3n) is 15.0. The summed E-state index contributed by atoms with van der Waals surface area (Å²) in [6.07, 6.45) is 16.0. The number of hydrogen-bond donors (Lipinski definition) is 5. The number of carboxylic acid groups (broad SMARTS) is 1. The van der Waals surface area contributed by atoms with Crippen molar-refractivity contribution >= 4 is 47.9 Å². The Morgan fingerprint density at radius 3 is 1.28 bits per heavy atom. The molecule has 5 saturated heterocycles. The highest BCUT2D eigenvalue weighted by atomic mass is 16.6. The molecular weight excluding hydrogens is 917 g/mol. The van der Waals surface area contributed by atoms with E-state index in [-0.39, 0.29) is 54.0 Å². The number of carbonyl (C=O) groups excluding carboxylic acids is 5. The Labute approximate surface area is 418 Å². The molecule has 1 aliphatic carbocycles. The van der Waals surface area contributed by atoms with Gasteiger partial charge in [-0.3, -0.25) is 25.2 Å². The Morgan fingerprint density at radius 2 is 0.901 bits per heavy atom. The molecule has 0 spiro atoms. The van der Waals surface area contributed by atoms with E-state index in [9.17, 15) is 28.8 Å². The van der Waals surface area contributed by atoms with Crippen LogP contribution < -0.4 is 11.5 Å². The number of ether oxygens (including phenoxy) is 2. The molecule has 0 aromatic carbocycles. The topological polar surface area (TPSA) is 285 Å². The molecule has 6 heterocycles. The van der Waals surface area contributed by atoms with Gasteiger partial charge in [-0.1, -0.05) is 6.42 Å². The highest BCUT2D eigenvalue weighted by Crippen LogP contribution is 2.26. The highest BCUT2D eigenvalue weighted by molar-refractivity contribution is 5.79. The Hall–Kier alpha value is -6.03. The maximum Gasteiger partial charge on any atom is 0.410 e. The first-order valence-corrected chi connectivity index (χ1v) is 26.1. The van der Waals surface area contributed by atoms with Crippen LogP contribution in [0.1, 0.15) is 103 Å². The van der Waals surface area contributed by atoms with Gasteiger partial charge in [-0.25, -0.2) is 19.4 Å². The molecule has 6 amide bonds. The van der Waals surface area contributed by atoms with Crippen LogP contribution >= 0.6 is 0 Å². The van der Waals surface area contributed by atoms with Gasteiger partial charge in [0, 0.05) is 143 Å². The zero-order valence-electron chi connectivity index (χ0n) is 41.7. The van der Waals surface area contributed by atoms with Crippen molar-refractivity contribution in [1.82, 2.24) is 48.8 Å². The quantitative estimate of drug-likeness (QED) is 0.114. The van der Waals surface area contributed by atoms with Crippen molar-refractivity contribution in [3.63, 3.8) is 0 Å². The van der Waals surface area contributed by atoms with Gasteiger partial charge in [0.15, 0.2) is 11.9 Å². The standard InChI is InChI=1S/C34H58N10O6.C14H22N4O3/c35-31(36)41-11-7-25(8-12-41)23-29(45)39-15-19-43(20-16-39)33(47)49-27-3-1-4-28(6-2-5-27)50-34(48)44-21-17-40(18-22-44)30(46)24-26-9-13-42(14-10-26)32(37)38;19-13(17-8-10-18(11-9-17)14(20)21)4-2-1-3-6-16-7-5-15-12-16/h25-28H,1-24H2,(H3,35,36)(H3,37,38);5,7,12H,1-4,6,8-11H2,(H,20,21)/t27-,28+;. The molecule has 7 N–H and O–H groups in total. The number of aryl methyl sites for hydroxylation is 1. The molecule has 1 aromatic heterocycles. The summed E-state index contributed by atoms with van der Waals surface area (Å²) < 4.78 is 13.8. The molecule has 6 aliphatic rings. The number of unbranched alkanes of at least 4 members (excludes halogenated alkanes) is 2. The van der Waals surface area contributed by atoms with Crippen molar-refractivity contribution in [2.45, 2.75) is 121 Å². The summed E-state index contributed by atoms with van der Waals surface area (Å²) >= 11 is 0. The molecule has 71 heavy (non-hydrogen) atoms. The van der Waals surface area contributed by atoms with Gasteiger partial charge in [-0.15, -0.1) is 0 Å². The maximum atomic E-state index is 13.0. The Balaban J connectivity index is 0.000000327. The number of nitrogens with one attached hydrogen (secondary N) is 2. The van der Waals surface area contributed by atoms with Gasteiger partial charge in [0.25, 0.3) is 0 Å². The summed E-state index contributed by atoms with van der Waals surface area (Å²) in [6.45, 7) is 9.53. The molecule has 0 bridgehead atoms. The summed E-state index contributed by atoms with van der Waals surface area (Å²) in [5.41, 5.74) is 11.2. The summed E-state index contributed by atoms with van der Waals surface area (Å²) in [7, 11) is 0. The number of carbonyl (C=O) groups is 6. The molecule has 1 aromatic rings. The van der Waals surface area contributed by atoms with E-state index in [1.165, 1.54) is 4.90 Å². The van der Waals surface area contributed by atoms with Gasteiger partial charge >= 0.3 is 18.3 Å². The van der Waals surface area contributed by atoms with Crippen molar-refractivity contribution in [1.29, 1.82) is 10.8 Å². The lowest BCUT2D eigenvalue weighted by atomic mass is 9.93. The van der Waals surface area contributed by atoms with E-state index < -0.39 is 6.09 Å². The van der Waals surface area contributed by atoms with Crippen LogP contribution in [0.2, 0.25) is 0 Å². The van der Waals surface area contributed by atoms with E-state index in [1.54, 1.807) is 27.2 Å². The number of imidazole rings is 1. The van der Waals surface area contributed by atoms with Crippen molar-refractivity contribution in [3.8, 4) is 0 Å². The van der Waals surface area contributed by atoms with Crippen LogP contribution in [0, 0.1) is 22.7 Å². The summed E-state index contributed by atoms with van der Waals surface area (Å²) in [5, 5.41) is 24.0. The number of piperidine rings is 2. The Morgan fingerprint density at radius 1 is 0.507 bits per heavy atom. The molecule has 396 valence electrons. The minimum absolute atomic E-state index is 0.0935. The summed E-state index contributed by atoms with van der Waals surface area (Å²) in [4.78, 5) is 92.5. The molecule has 0 radical (unpaired) electrons. The SMILES string of the molecule is N=C(N)N1CCC(CC(=O)N2CCN(C(=O)O[C@H]3CCC[C@@H](OC(=O)N4CCN(C(=O)CC5CCN(C(=N)N)CC5)CC4)CCC3)CC2)CC1.O=C(O)N1CCN(C(=O)CCCCCn2ccnc2)CC1. The molecule has 23 heteroatoms.